The average Bonchev–Trinajstić information content (AvgIpc) is 3.12. The number of carbonyl (C=O) groups is 1. The molecule has 0 saturated heterocycles. The van der Waals surface area contributed by atoms with Crippen LogP contribution in [0.2, 0.25) is 0 Å². The molecule has 0 aliphatic rings. The monoisotopic (exact) mass is 357 g/mol. The maximum Gasteiger partial charge on any atom is 0.408 e. The summed E-state index contributed by atoms with van der Waals surface area (Å²) in [4.78, 5) is 21.4. The number of hydrogen-bond acceptors (Lipinski definition) is 3. The van der Waals surface area contributed by atoms with Gasteiger partial charge in [-0.05, 0) is 39.3 Å². The Balaban J connectivity index is 2.06. The number of thiazole rings is 1. The molecule has 0 bridgehead atoms. The molecule has 1 aromatic carbocycles. The minimum atomic E-state index is -0.926. The minimum Gasteiger partial charge on any atom is -0.465 e. The molecule has 2 N–H and O–H groups in total. The molecule has 1 atom stereocenters. The van der Waals surface area contributed by atoms with Crippen LogP contribution in [0.25, 0.3) is 10.9 Å². The molecule has 0 radical (unpaired) electrons. The zero-order valence-corrected chi connectivity index (χ0v) is 15.7. The lowest BCUT2D eigenvalue weighted by Gasteiger charge is -2.38. The summed E-state index contributed by atoms with van der Waals surface area (Å²) in [5, 5.41) is 13.8. The van der Waals surface area contributed by atoms with Crippen LogP contribution in [0.5, 0.6) is 0 Å². The Morgan fingerprint density at radius 3 is 2.68 bits per heavy atom. The van der Waals surface area contributed by atoms with E-state index in [1.165, 1.54) is 16.2 Å². The summed E-state index contributed by atoms with van der Waals surface area (Å²) in [5.41, 5.74) is 2.55. The summed E-state index contributed by atoms with van der Waals surface area (Å²) in [6.07, 6.45) is 1.63. The second-order valence-corrected chi connectivity index (χ2v) is 8.12. The van der Waals surface area contributed by atoms with Crippen molar-refractivity contribution in [1.82, 2.24) is 14.9 Å². The molecule has 3 aromatic rings. The van der Waals surface area contributed by atoms with Gasteiger partial charge < -0.3 is 10.1 Å². The van der Waals surface area contributed by atoms with Crippen LogP contribution in [-0.4, -0.2) is 31.6 Å². The maximum atomic E-state index is 12.1. The number of para-hydroxylation sites is 1. The largest absolute Gasteiger partial charge is 0.465 e. The summed E-state index contributed by atoms with van der Waals surface area (Å²) in [5.74, 6) is 0. The van der Waals surface area contributed by atoms with Crippen molar-refractivity contribution in [2.24, 2.45) is 0 Å². The molecule has 2 aromatic heterocycles. The quantitative estimate of drug-likeness (QED) is 0.691. The number of H-pyrrole nitrogens is 1. The van der Waals surface area contributed by atoms with E-state index in [1.54, 1.807) is 0 Å². The van der Waals surface area contributed by atoms with Crippen molar-refractivity contribution in [2.45, 2.75) is 45.7 Å². The Labute approximate surface area is 151 Å². The third kappa shape index (κ3) is 3.54. The lowest BCUT2D eigenvalue weighted by molar-refractivity contribution is 0.0696. The Kier molecular flexibility index (Phi) is 4.56. The first-order valence-electron chi connectivity index (χ1n) is 8.26. The first-order chi connectivity index (χ1) is 11.8. The van der Waals surface area contributed by atoms with Crippen LogP contribution in [0.15, 0.2) is 35.8 Å². The second-order valence-electron chi connectivity index (χ2n) is 7.23. The van der Waals surface area contributed by atoms with E-state index in [4.69, 9.17) is 0 Å². The summed E-state index contributed by atoms with van der Waals surface area (Å²) >= 11 is 1.52. The molecule has 25 heavy (non-hydrogen) atoms. The number of aryl methyl sites for hydroxylation is 1. The predicted molar refractivity (Wildman–Crippen MR) is 101 cm³/mol. The lowest BCUT2D eigenvalue weighted by Crippen LogP contribution is -2.47. The van der Waals surface area contributed by atoms with E-state index in [9.17, 15) is 9.90 Å². The number of hydrogen-bond donors (Lipinski definition) is 2. The van der Waals surface area contributed by atoms with Gasteiger partial charge in [-0.1, -0.05) is 18.2 Å². The predicted octanol–water partition coefficient (Wildman–Crippen LogP) is 5.00. The molecule has 2 heterocycles. The van der Waals surface area contributed by atoms with Gasteiger partial charge in [0, 0.05) is 40.1 Å². The Morgan fingerprint density at radius 1 is 1.36 bits per heavy atom. The molecular weight excluding hydrogens is 334 g/mol. The zero-order valence-electron chi connectivity index (χ0n) is 14.9. The van der Waals surface area contributed by atoms with Crippen LogP contribution in [0.4, 0.5) is 4.79 Å². The SMILES string of the molecule is Cc1csc([C@@H](Cc2c[nH]c3ccccc23)N(C(=O)O)C(C)(C)C)n1. The van der Waals surface area contributed by atoms with Gasteiger partial charge in [0.15, 0.2) is 0 Å². The first kappa shape index (κ1) is 17.5. The number of aromatic nitrogens is 2. The molecule has 1 amide bonds. The topological polar surface area (TPSA) is 69.2 Å². The van der Waals surface area contributed by atoms with Crippen molar-refractivity contribution < 1.29 is 9.90 Å². The highest BCUT2D eigenvalue weighted by Crippen LogP contribution is 2.34. The van der Waals surface area contributed by atoms with Crippen molar-refractivity contribution >= 4 is 28.3 Å². The van der Waals surface area contributed by atoms with Crippen LogP contribution in [0, 0.1) is 6.92 Å². The molecule has 6 heteroatoms. The fraction of sp³-hybridized carbons (Fsp3) is 0.368. The van der Waals surface area contributed by atoms with E-state index in [-0.39, 0.29) is 6.04 Å². The van der Waals surface area contributed by atoms with E-state index in [1.807, 2.05) is 57.5 Å². The van der Waals surface area contributed by atoms with Gasteiger partial charge >= 0.3 is 6.09 Å². The fourth-order valence-corrected chi connectivity index (χ4v) is 4.10. The molecule has 5 nitrogen and oxygen atoms in total. The lowest BCUT2D eigenvalue weighted by atomic mass is 9.98. The number of amides is 1. The first-order valence-corrected chi connectivity index (χ1v) is 9.14. The minimum absolute atomic E-state index is 0.324. The molecule has 132 valence electrons. The van der Waals surface area contributed by atoms with Gasteiger partial charge in [0.25, 0.3) is 0 Å². The van der Waals surface area contributed by atoms with Gasteiger partial charge in [-0.2, -0.15) is 0 Å². The normalized spacial score (nSPS) is 13.1. The summed E-state index contributed by atoms with van der Waals surface area (Å²) in [6, 6.07) is 7.76. The van der Waals surface area contributed by atoms with Gasteiger partial charge in [-0.15, -0.1) is 11.3 Å². The van der Waals surface area contributed by atoms with Crippen LogP contribution in [-0.2, 0) is 6.42 Å². The van der Waals surface area contributed by atoms with Crippen molar-refractivity contribution in [3.8, 4) is 0 Å². The molecule has 0 aliphatic heterocycles. The smallest absolute Gasteiger partial charge is 0.408 e. The van der Waals surface area contributed by atoms with Crippen LogP contribution in [0.3, 0.4) is 0 Å². The van der Waals surface area contributed by atoms with Crippen molar-refractivity contribution in [2.75, 3.05) is 0 Å². The molecule has 0 unspecified atom stereocenters. The highest BCUT2D eigenvalue weighted by molar-refractivity contribution is 7.09. The standard InChI is InChI=1S/C19H23N3O2S/c1-12-11-25-17(21-12)16(22(18(23)24)19(2,3)4)9-13-10-20-15-8-6-5-7-14(13)15/h5-8,10-11,16,20H,9H2,1-4H3,(H,23,24)/t16-/m1/s1. The van der Waals surface area contributed by atoms with Gasteiger partial charge in [0.05, 0.1) is 6.04 Å². The summed E-state index contributed by atoms with van der Waals surface area (Å²) < 4.78 is 0. The molecule has 0 saturated carbocycles. The van der Waals surface area contributed by atoms with Crippen molar-refractivity contribution in [1.29, 1.82) is 0 Å². The van der Waals surface area contributed by atoms with E-state index >= 15 is 0 Å². The zero-order chi connectivity index (χ0) is 18.2. The van der Waals surface area contributed by atoms with E-state index in [0.29, 0.717) is 6.42 Å². The van der Waals surface area contributed by atoms with Gasteiger partial charge in [0.2, 0.25) is 0 Å². The van der Waals surface area contributed by atoms with Crippen LogP contribution in [0.1, 0.15) is 43.1 Å². The number of nitrogens with one attached hydrogen (secondary N) is 1. The Bertz CT molecular complexity index is 891. The number of rotatable bonds is 4. The molecular formula is C19H23N3O2S. The number of benzene rings is 1. The van der Waals surface area contributed by atoms with Crippen LogP contribution >= 0.6 is 11.3 Å². The number of carboxylic acid groups (broad SMARTS) is 1. The number of aromatic amines is 1. The number of nitrogens with zero attached hydrogens (tertiary/aromatic N) is 2. The Hall–Kier alpha value is -2.34. The molecule has 3 rings (SSSR count). The van der Waals surface area contributed by atoms with Crippen LogP contribution < -0.4 is 0 Å². The van der Waals surface area contributed by atoms with E-state index in [2.05, 4.69) is 16.0 Å². The highest BCUT2D eigenvalue weighted by Gasteiger charge is 2.36. The Morgan fingerprint density at radius 2 is 2.08 bits per heavy atom. The van der Waals surface area contributed by atoms with Gasteiger partial charge in [-0.3, -0.25) is 4.90 Å². The van der Waals surface area contributed by atoms with Gasteiger partial charge in [-0.25, -0.2) is 9.78 Å². The molecule has 0 spiro atoms. The average molecular weight is 357 g/mol. The third-order valence-electron chi connectivity index (χ3n) is 4.25. The van der Waals surface area contributed by atoms with Crippen molar-refractivity contribution in [3.63, 3.8) is 0 Å². The van der Waals surface area contributed by atoms with E-state index < -0.39 is 11.6 Å². The van der Waals surface area contributed by atoms with Crippen molar-refractivity contribution in [3.05, 3.63) is 52.1 Å². The third-order valence-corrected chi connectivity index (χ3v) is 5.31. The summed E-state index contributed by atoms with van der Waals surface area (Å²) in [6.45, 7) is 7.70. The number of fused-ring (bicyclic) bond motifs is 1. The fourth-order valence-electron chi connectivity index (χ4n) is 3.21. The second kappa shape index (κ2) is 6.52. The van der Waals surface area contributed by atoms with E-state index in [0.717, 1.165) is 27.2 Å². The summed E-state index contributed by atoms with van der Waals surface area (Å²) in [7, 11) is 0. The maximum absolute atomic E-state index is 12.1. The highest BCUT2D eigenvalue weighted by atomic mass is 32.1. The van der Waals surface area contributed by atoms with Gasteiger partial charge in [0.1, 0.15) is 5.01 Å². The molecule has 0 aliphatic carbocycles. The molecule has 0 fully saturated rings.